The summed E-state index contributed by atoms with van der Waals surface area (Å²) in [4.78, 5) is 27.3. The van der Waals surface area contributed by atoms with Gasteiger partial charge in [-0.15, -0.1) is 11.3 Å². The Kier molecular flexibility index (Phi) is 4.77. The highest BCUT2D eigenvalue weighted by atomic mass is 127. The van der Waals surface area contributed by atoms with Crippen LogP contribution in [-0.4, -0.2) is 29.3 Å². The number of likely N-dealkylation sites (tertiary alicyclic amines) is 1. The Morgan fingerprint density at radius 3 is 2.68 bits per heavy atom. The van der Waals surface area contributed by atoms with Gasteiger partial charge in [-0.1, -0.05) is 6.07 Å². The predicted octanol–water partition coefficient (Wildman–Crippen LogP) is 3.60. The van der Waals surface area contributed by atoms with Crippen LogP contribution in [0.4, 0.5) is 5.69 Å². The highest BCUT2D eigenvalue weighted by molar-refractivity contribution is 14.1. The Labute approximate surface area is 146 Å². The average molecular weight is 426 g/mol. The number of nitrogens with zero attached hydrogens (tertiary/aromatic N) is 1. The molecule has 0 saturated carbocycles. The van der Waals surface area contributed by atoms with Crippen molar-refractivity contribution < 1.29 is 9.59 Å². The van der Waals surface area contributed by atoms with Gasteiger partial charge in [-0.2, -0.15) is 0 Å². The minimum atomic E-state index is -0.381. The number of thiophene rings is 1. The number of carbonyl (C=O) groups excluding carboxylic acids is 2. The van der Waals surface area contributed by atoms with Crippen molar-refractivity contribution in [3.63, 3.8) is 0 Å². The summed E-state index contributed by atoms with van der Waals surface area (Å²) in [6.45, 7) is 0.640. The molecule has 0 aliphatic carbocycles. The highest BCUT2D eigenvalue weighted by Gasteiger charge is 2.34. The van der Waals surface area contributed by atoms with Crippen LogP contribution in [0.1, 0.15) is 22.5 Å². The molecule has 6 heteroatoms. The number of hydrogen-bond donors (Lipinski definition) is 1. The molecule has 22 heavy (non-hydrogen) atoms. The fraction of sp³-hybridized carbons (Fsp3) is 0.250. The Morgan fingerprint density at radius 2 is 2.00 bits per heavy atom. The second kappa shape index (κ2) is 6.78. The maximum atomic E-state index is 12.5. The van der Waals surface area contributed by atoms with Gasteiger partial charge in [0.2, 0.25) is 5.91 Å². The van der Waals surface area contributed by atoms with Crippen molar-refractivity contribution >= 4 is 51.4 Å². The maximum Gasteiger partial charge on any atom is 0.264 e. The van der Waals surface area contributed by atoms with Gasteiger partial charge in [0.25, 0.3) is 5.91 Å². The Balaban J connectivity index is 1.71. The fourth-order valence-corrected chi connectivity index (χ4v) is 3.62. The molecule has 1 aromatic carbocycles. The molecule has 2 amide bonds. The molecule has 1 aromatic heterocycles. The van der Waals surface area contributed by atoms with Gasteiger partial charge in [0.05, 0.1) is 4.88 Å². The van der Waals surface area contributed by atoms with E-state index >= 15 is 0 Å². The fourth-order valence-electron chi connectivity index (χ4n) is 2.58. The summed E-state index contributed by atoms with van der Waals surface area (Å²) < 4.78 is 1.12. The quantitative estimate of drug-likeness (QED) is 0.763. The van der Waals surface area contributed by atoms with Crippen molar-refractivity contribution in [3.05, 3.63) is 50.2 Å². The van der Waals surface area contributed by atoms with Crippen LogP contribution in [0.3, 0.4) is 0 Å². The average Bonchev–Trinajstić information content (AvgIpc) is 3.20. The van der Waals surface area contributed by atoms with Gasteiger partial charge in [0, 0.05) is 15.8 Å². The van der Waals surface area contributed by atoms with Gasteiger partial charge in [-0.05, 0) is 71.1 Å². The first-order chi connectivity index (χ1) is 10.6. The van der Waals surface area contributed by atoms with Crippen LogP contribution >= 0.6 is 33.9 Å². The molecule has 2 heterocycles. The zero-order chi connectivity index (χ0) is 15.5. The molecular weight excluding hydrogens is 411 g/mol. The number of amides is 2. The molecule has 1 aliphatic rings. The van der Waals surface area contributed by atoms with E-state index in [1.165, 1.54) is 11.3 Å². The zero-order valence-electron chi connectivity index (χ0n) is 11.8. The Hall–Kier alpha value is -1.41. The Morgan fingerprint density at radius 1 is 1.23 bits per heavy atom. The van der Waals surface area contributed by atoms with Crippen LogP contribution in [0.5, 0.6) is 0 Å². The lowest BCUT2D eigenvalue weighted by Gasteiger charge is -2.23. The van der Waals surface area contributed by atoms with E-state index in [2.05, 4.69) is 27.9 Å². The van der Waals surface area contributed by atoms with Crippen molar-refractivity contribution in [1.29, 1.82) is 0 Å². The summed E-state index contributed by atoms with van der Waals surface area (Å²) in [6.07, 6.45) is 1.58. The predicted molar refractivity (Wildman–Crippen MR) is 96.2 cm³/mol. The SMILES string of the molecule is O=C(Nc1ccc(I)cc1)[C@H]1CCCN1C(=O)c1cccs1. The van der Waals surface area contributed by atoms with E-state index in [4.69, 9.17) is 0 Å². The van der Waals surface area contributed by atoms with Crippen LogP contribution in [-0.2, 0) is 4.79 Å². The number of anilines is 1. The van der Waals surface area contributed by atoms with E-state index < -0.39 is 0 Å². The van der Waals surface area contributed by atoms with Crippen LogP contribution in [0, 0.1) is 3.57 Å². The van der Waals surface area contributed by atoms with Crippen molar-refractivity contribution in [2.24, 2.45) is 0 Å². The largest absolute Gasteiger partial charge is 0.326 e. The summed E-state index contributed by atoms with van der Waals surface area (Å²) in [7, 11) is 0. The van der Waals surface area contributed by atoms with E-state index in [9.17, 15) is 9.59 Å². The van der Waals surface area contributed by atoms with E-state index in [1.807, 2.05) is 35.7 Å². The molecule has 3 rings (SSSR count). The van der Waals surface area contributed by atoms with Crippen LogP contribution in [0.15, 0.2) is 41.8 Å². The number of halogens is 1. The lowest BCUT2D eigenvalue weighted by atomic mass is 10.2. The lowest BCUT2D eigenvalue weighted by molar-refractivity contribution is -0.119. The second-order valence-corrected chi connectivity index (χ2v) is 7.32. The Bertz CT molecular complexity index is 670. The minimum absolute atomic E-state index is 0.0461. The number of benzene rings is 1. The topological polar surface area (TPSA) is 49.4 Å². The smallest absolute Gasteiger partial charge is 0.264 e. The molecule has 0 bridgehead atoms. The third kappa shape index (κ3) is 3.33. The van der Waals surface area contributed by atoms with Crippen molar-refractivity contribution in [2.45, 2.75) is 18.9 Å². The summed E-state index contributed by atoms with van der Waals surface area (Å²) >= 11 is 3.64. The number of nitrogens with one attached hydrogen (secondary N) is 1. The number of carbonyl (C=O) groups is 2. The molecule has 1 saturated heterocycles. The maximum absolute atomic E-state index is 12.5. The van der Waals surface area contributed by atoms with Crippen molar-refractivity contribution in [1.82, 2.24) is 4.90 Å². The standard InChI is InChI=1S/C16H15IN2O2S/c17-11-5-7-12(8-6-11)18-15(20)13-3-1-9-19(13)16(21)14-4-2-10-22-14/h2,4-8,10,13H,1,3,9H2,(H,18,20)/t13-/m1/s1. The zero-order valence-corrected chi connectivity index (χ0v) is 14.8. The molecule has 1 N–H and O–H groups in total. The van der Waals surface area contributed by atoms with Crippen LogP contribution in [0.25, 0.3) is 0 Å². The first kappa shape index (κ1) is 15.5. The normalized spacial score (nSPS) is 17.5. The molecule has 1 fully saturated rings. The monoisotopic (exact) mass is 426 g/mol. The minimum Gasteiger partial charge on any atom is -0.326 e. The van der Waals surface area contributed by atoms with Crippen LogP contribution in [0.2, 0.25) is 0 Å². The molecule has 0 spiro atoms. The third-order valence-corrected chi connectivity index (χ3v) is 5.24. The van der Waals surface area contributed by atoms with Gasteiger partial charge in [-0.3, -0.25) is 9.59 Å². The van der Waals surface area contributed by atoms with Gasteiger partial charge >= 0.3 is 0 Å². The third-order valence-electron chi connectivity index (χ3n) is 3.66. The van der Waals surface area contributed by atoms with E-state index in [0.29, 0.717) is 17.8 Å². The van der Waals surface area contributed by atoms with Crippen molar-refractivity contribution in [3.8, 4) is 0 Å². The molecule has 0 radical (unpaired) electrons. The van der Waals surface area contributed by atoms with Crippen molar-refractivity contribution in [2.75, 3.05) is 11.9 Å². The molecule has 4 nitrogen and oxygen atoms in total. The molecule has 1 atom stereocenters. The summed E-state index contributed by atoms with van der Waals surface area (Å²) in [5.74, 6) is -0.154. The van der Waals surface area contributed by atoms with Gasteiger partial charge in [-0.25, -0.2) is 0 Å². The van der Waals surface area contributed by atoms with E-state index in [-0.39, 0.29) is 17.9 Å². The second-order valence-electron chi connectivity index (χ2n) is 5.13. The summed E-state index contributed by atoms with van der Waals surface area (Å²) in [6, 6.07) is 10.9. The lowest BCUT2D eigenvalue weighted by Crippen LogP contribution is -2.42. The number of rotatable bonds is 3. The van der Waals surface area contributed by atoms with Gasteiger partial charge in [0.1, 0.15) is 6.04 Å². The first-order valence-electron chi connectivity index (χ1n) is 7.06. The number of hydrogen-bond acceptors (Lipinski definition) is 3. The summed E-state index contributed by atoms with van der Waals surface area (Å²) in [5, 5.41) is 4.79. The molecular formula is C16H15IN2O2S. The molecule has 2 aromatic rings. The van der Waals surface area contributed by atoms with Crippen LogP contribution < -0.4 is 5.32 Å². The van der Waals surface area contributed by atoms with E-state index in [0.717, 1.165) is 15.7 Å². The van der Waals surface area contributed by atoms with Gasteiger partial charge in [0.15, 0.2) is 0 Å². The molecule has 114 valence electrons. The first-order valence-corrected chi connectivity index (χ1v) is 9.02. The highest BCUT2D eigenvalue weighted by Crippen LogP contribution is 2.23. The van der Waals surface area contributed by atoms with E-state index in [1.54, 1.807) is 11.0 Å². The molecule has 0 unspecified atom stereocenters. The van der Waals surface area contributed by atoms with Gasteiger partial charge < -0.3 is 10.2 Å². The summed E-state index contributed by atoms with van der Waals surface area (Å²) in [5.41, 5.74) is 0.765. The molecule has 1 aliphatic heterocycles.